The number of aliphatic hydroxyl groups is 7. The number of imide groups is 2. The Labute approximate surface area is 792 Å². The summed E-state index contributed by atoms with van der Waals surface area (Å²) in [6.45, 7) is 9.65. The third-order valence-electron chi connectivity index (χ3n) is 24.1. The lowest BCUT2D eigenvalue weighted by molar-refractivity contribution is -0.303. The van der Waals surface area contributed by atoms with Gasteiger partial charge in [-0.3, -0.25) is 72.1 Å². The maximum absolute atomic E-state index is 13.9. The topological polar surface area (TPSA) is 623 Å². The second kappa shape index (κ2) is 44.3. The van der Waals surface area contributed by atoms with Gasteiger partial charge in [0.2, 0.25) is 48.8 Å². The van der Waals surface area contributed by atoms with Crippen molar-refractivity contribution in [1.82, 2.24) is 20.4 Å². The van der Waals surface area contributed by atoms with Crippen molar-refractivity contribution in [3.05, 3.63) is 133 Å². The van der Waals surface area contributed by atoms with Crippen molar-refractivity contribution >= 4 is 118 Å². The summed E-state index contributed by atoms with van der Waals surface area (Å²) in [5, 5.41) is 129. The van der Waals surface area contributed by atoms with E-state index in [2.05, 4.69) is 16.0 Å². The van der Waals surface area contributed by atoms with Gasteiger partial charge in [0.15, 0.2) is 42.0 Å². The minimum Gasteiger partial charge on any atom is -0.507 e. The van der Waals surface area contributed by atoms with Crippen LogP contribution < -0.4 is 25.4 Å². The Bertz CT molecular complexity index is 5520. The highest BCUT2D eigenvalue weighted by atomic mass is 32.2. The molecule has 4 fully saturated rings. The number of carbonyl (C=O) groups is 15. The number of phenolic OH excluding ortho intramolecular Hbond substituents is 4. The summed E-state index contributed by atoms with van der Waals surface area (Å²) in [6.07, 6.45) is -11.3. The van der Waals surface area contributed by atoms with Crippen molar-refractivity contribution in [2.24, 2.45) is 5.41 Å². The third-order valence-corrected chi connectivity index (χ3v) is 26.0. The molecule has 13 rings (SSSR count). The van der Waals surface area contributed by atoms with Gasteiger partial charge < -0.3 is 124 Å². The molecular formula is C93H111N5O37S2. The summed E-state index contributed by atoms with van der Waals surface area (Å²) >= 11 is 2.65. The fraction of sp³-hybridized carbons (Fsp3) is 0.516. The molecule has 2 unspecified atom stereocenters. The van der Waals surface area contributed by atoms with Crippen LogP contribution in [0.4, 0.5) is 15.3 Å². The second-order valence-corrected chi connectivity index (χ2v) is 37.8. The summed E-state index contributed by atoms with van der Waals surface area (Å²) in [5.41, 5.74) is -7.89. The number of benzene rings is 5. The molecule has 0 radical (unpaired) electrons. The average Bonchev–Trinajstić information content (AvgIpc) is 1.50. The predicted molar refractivity (Wildman–Crippen MR) is 477 cm³/mol. The van der Waals surface area contributed by atoms with Crippen LogP contribution in [-0.4, -0.2) is 298 Å². The highest BCUT2D eigenvalue weighted by Gasteiger charge is 2.54. The molecule has 742 valence electrons. The largest absolute Gasteiger partial charge is 0.507 e. The van der Waals surface area contributed by atoms with Crippen molar-refractivity contribution in [2.45, 2.75) is 234 Å². The van der Waals surface area contributed by atoms with Gasteiger partial charge in [-0.2, -0.15) is 23.5 Å². The fourth-order valence-electron chi connectivity index (χ4n) is 17.1. The lowest BCUT2D eigenvalue weighted by Gasteiger charge is -2.42. The first-order valence-corrected chi connectivity index (χ1v) is 46.3. The van der Waals surface area contributed by atoms with E-state index in [1.54, 1.807) is 27.0 Å². The number of nitrogens with zero attached hydrogens (tertiary/aromatic N) is 2. The number of ether oxygens (including phenoxy) is 11. The number of anilines is 1. The number of esters is 3. The van der Waals surface area contributed by atoms with Crippen molar-refractivity contribution < 1.29 is 180 Å². The number of ketones is 6. The Morgan fingerprint density at radius 2 is 0.949 bits per heavy atom. The maximum atomic E-state index is 13.9. The molecule has 42 nitrogen and oxygen atoms in total. The average molecular weight is 1960 g/mol. The summed E-state index contributed by atoms with van der Waals surface area (Å²) in [5.74, 6) is -11.2. The summed E-state index contributed by atoms with van der Waals surface area (Å²) in [6, 6.07) is 13.5. The van der Waals surface area contributed by atoms with Gasteiger partial charge >= 0.3 is 30.1 Å². The minimum absolute atomic E-state index is 0.00191. The van der Waals surface area contributed by atoms with Crippen LogP contribution in [0.5, 0.6) is 34.5 Å². The van der Waals surface area contributed by atoms with Crippen LogP contribution in [0, 0.1) is 5.41 Å². The number of carbonyl (C=O) groups excluding carboxylic acids is 15. The lowest BCUT2D eigenvalue weighted by atomic mass is 9.72. The Morgan fingerprint density at radius 3 is 1.39 bits per heavy atom. The van der Waals surface area contributed by atoms with Crippen molar-refractivity contribution in [1.29, 1.82) is 0 Å². The maximum Gasteiger partial charge on any atom is 0.410 e. The molecule has 0 spiro atoms. The van der Waals surface area contributed by atoms with E-state index in [9.17, 15) is 128 Å². The Morgan fingerprint density at radius 1 is 0.518 bits per heavy atom. The van der Waals surface area contributed by atoms with Gasteiger partial charge in [0.1, 0.15) is 77.7 Å². The van der Waals surface area contributed by atoms with E-state index in [0.717, 1.165) is 16.2 Å². The van der Waals surface area contributed by atoms with E-state index in [0.29, 0.717) is 25.8 Å². The Kier molecular flexibility index (Phi) is 34.2. The normalized spacial score (nSPS) is 24.2. The molecule has 44 heteroatoms. The first-order valence-electron chi connectivity index (χ1n) is 43.8. The first-order chi connectivity index (χ1) is 64.7. The number of likely N-dealkylation sites (tertiary alicyclic amines) is 2. The van der Waals surface area contributed by atoms with Crippen LogP contribution in [-0.2, 0) is 105 Å². The molecule has 4 aliphatic heterocycles. The number of Topliss-reactive ketones (excluding diaryl/α,β-unsaturated/α-hetero) is 2. The lowest BCUT2D eigenvalue weighted by Crippen LogP contribution is -2.56. The molecule has 137 heavy (non-hydrogen) atoms. The molecule has 0 aromatic heterocycles. The molecule has 0 saturated carbocycles. The van der Waals surface area contributed by atoms with Crippen LogP contribution in [0.25, 0.3) is 0 Å². The quantitative estimate of drug-likeness (QED) is 0.00694. The summed E-state index contributed by atoms with van der Waals surface area (Å²) < 4.78 is 58.9. The number of hydrogen-bond donors (Lipinski definition) is 14. The molecule has 4 heterocycles. The van der Waals surface area contributed by atoms with Crippen LogP contribution in [0.3, 0.4) is 0 Å². The number of nitrogens with one attached hydrogen (secondary N) is 3. The Balaban J connectivity index is 0.000000212. The number of phenols is 4. The van der Waals surface area contributed by atoms with Gasteiger partial charge in [0.25, 0.3) is 0 Å². The monoisotopic (exact) mass is 1950 g/mol. The van der Waals surface area contributed by atoms with Crippen LogP contribution in [0.15, 0.2) is 60.7 Å². The number of methoxy groups -OCH3 is 2. The molecular weight excluding hydrogens is 1840 g/mol. The molecule has 0 bridgehead atoms. The SMILES string of the molecule is COc1cccc2c1C(=O)c1c(O)c3c(c(O)c1C2=O)C[C@@](O)(C(=O)CO)C[C@@H]3O[C@H]1C[C@H](NC(=O)OCOC(=O)CCCN2C(=O)CC(SC)C2=O)[C@H](O)[C@H](O)O1.COc1cccc2c1C(=O)c1c(O)c3c(c(O)c1C2=O)C[C@@](O)(C(=O)CO)C[C@@H]3O[C@H]1C[C@H](NC(=O)OCc2ccc(NC(C)(C)C)cc2)[C@H](O)[C@H](C)O1.CSC1CC(=O)N(CCCCCC(=O)OCOC(=O)C(C)(C)C)C1=O. The zero-order chi connectivity index (χ0) is 101. The molecule has 5 aromatic carbocycles. The Hall–Kier alpha value is -11.8. The zero-order valence-electron chi connectivity index (χ0n) is 76.8. The number of aromatic hydroxyl groups is 4. The molecule has 14 atom stereocenters. The van der Waals surface area contributed by atoms with E-state index in [4.69, 9.17) is 52.1 Å². The smallest absolute Gasteiger partial charge is 0.410 e. The molecule has 5 aromatic rings. The van der Waals surface area contributed by atoms with Gasteiger partial charge in [0, 0.05) is 122 Å². The third kappa shape index (κ3) is 23.6. The molecule has 4 aliphatic carbocycles. The molecule has 4 saturated heterocycles. The van der Waals surface area contributed by atoms with Crippen LogP contribution in [0.2, 0.25) is 0 Å². The molecule has 14 N–H and O–H groups in total. The van der Waals surface area contributed by atoms with E-state index >= 15 is 0 Å². The number of unbranched alkanes of at least 4 members (excludes halogenated alkanes) is 2. The number of alkyl carbamates (subject to hydrolysis) is 2. The van der Waals surface area contributed by atoms with Gasteiger partial charge in [-0.1, -0.05) is 42.8 Å². The van der Waals surface area contributed by atoms with Crippen molar-refractivity contribution in [2.75, 3.05) is 71.9 Å². The van der Waals surface area contributed by atoms with E-state index in [1.165, 1.54) is 86.0 Å². The first kappa shape index (κ1) is 106. The highest BCUT2D eigenvalue weighted by Crippen LogP contribution is 2.55. The highest BCUT2D eigenvalue weighted by molar-refractivity contribution is 8.00. The summed E-state index contributed by atoms with van der Waals surface area (Å²) in [4.78, 5) is 192. The van der Waals surface area contributed by atoms with Crippen LogP contribution in [0.1, 0.15) is 229 Å². The minimum atomic E-state index is -2.46. The molecule has 8 aliphatic rings. The zero-order valence-corrected chi connectivity index (χ0v) is 78.4. The van der Waals surface area contributed by atoms with Crippen molar-refractivity contribution in [3.63, 3.8) is 0 Å². The van der Waals surface area contributed by atoms with E-state index < -0.39 is 245 Å². The second-order valence-electron chi connectivity index (χ2n) is 35.7. The van der Waals surface area contributed by atoms with Gasteiger partial charge in [-0.05, 0) is 110 Å². The number of hydrogen-bond acceptors (Lipinski definition) is 40. The predicted octanol–water partition coefficient (Wildman–Crippen LogP) is 4.78. The number of aliphatic hydroxyl groups excluding tert-OH is 5. The standard InChI is InChI=1S/C39H44N2O13.C37H40N2O18S.C17H27NO6S/c1-18-32(44)23(40-37(49)52-17-19-9-11-20(12-10-19)41-38(2,3)4)13-27(53-18)54-25-15-39(50,26(43)16-42)14-22-29(25)36(48)31-30(34(22)46)33(45)21-7-6-8-24(51-5)28(21)35(31)47;1-53-18-6-3-5-15-25(18)32(47)28-27(29(15)44)30(45)16-11-37(52,21(41)13-40)12-19(26(16)33(28)48)56-24-9-17(31(46)35(50)57-24)38-36(51)55-14-54-23(43)7-4-8-39-22(42)10-20(58-2)34(39)49;1-17(2,3)16(22)24-11-23-14(20)8-6-5-7-9-18-13(19)10-12(25-4)15(18)21/h6-12,18,23,25,27,32,41-42,44,46,48,50H,13-17H2,1-5H3,(H,40,49);3,5-6,17,19-20,24,31,35,40,45-46,48,50,52H,4,7-14H2,1-2H3,(H,38,51);12H,5-11H2,1-4H3/t18-,23-,25-,27-,32+,39-;17-,19-,20?,24+,31-,35+,37-;/m00./s1. The van der Waals surface area contributed by atoms with Gasteiger partial charge in [-0.15, -0.1) is 0 Å². The van der Waals surface area contributed by atoms with E-state index in [-0.39, 0.29) is 149 Å². The molecule has 6 amide bonds. The number of rotatable bonds is 31. The van der Waals surface area contributed by atoms with Crippen LogP contribution >= 0.6 is 23.5 Å². The van der Waals surface area contributed by atoms with Gasteiger partial charge in [-0.25, -0.2) is 9.59 Å². The van der Waals surface area contributed by atoms with Gasteiger partial charge in [0.05, 0.1) is 93.9 Å². The van der Waals surface area contributed by atoms with Crippen molar-refractivity contribution in [3.8, 4) is 34.5 Å². The fourth-order valence-corrected chi connectivity index (χ4v) is 18.3. The number of fused-ring (bicyclic) bond motifs is 6. The number of amides is 6. The summed E-state index contributed by atoms with van der Waals surface area (Å²) in [7, 11) is 2.57. The number of thioether (sulfide) groups is 2. The van der Waals surface area contributed by atoms with E-state index in [1.807, 2.05) is 51.3 Å².